The molecule has 17 heavy (non-hydrogen) atoms. The van der Waals surface area contributed by atoms with Gasteiger partial charge in [-0.1, -0.05) is 0 Å². The molecule has 0 aliphatic carbocycles. The minimum atomic E-state index is 0.734. The van der Waals surface area contributed by atoms with E-state index in [0.29, 0.717) is 0 Å². The SMILES string of the molecule is CCNc1cc(NCC2CCN(C)C2)ncn1. The molecular formula is C12H21N5. The Morgan fingerprint density at radius 1 is 1.35 bits per heavy atom. The molecule has 5 heteroatoms. The fraction of sp³-hybridized carbons (Fsp3) is 0.667. The number of nitrogens with zero attached hydrogens (tertiary/aromatic N) is 3. The summed E-state index contributed by atoms with van der Waals surface area (Å²) in [5.74, 6) is 2.52. The van der Waals surface area contributed by atoms with Gasteiger partial charge >= 0.3 is 0 Å². The van der Waals surface area contributed by atoms with Crippen molar-refractivity contribution in [3.8, 4) is 0 Å². The molecule has 0 amide bonds. The molecule has 2 rings (SSSR count). The molecule has 1 fully saturated rings. The van der Waals surface area contributed by atoms with Gasteiger partial charge in [0.25, 0.3) is 0 Å². The maximum absolute atomic E-state index is 4.23. The second-order valence-corrected chi connectivity index (χ2v) is 4.62. The highest BCUT2D eigenvalue weighted by Crippen LogP contribution is 2.15. The monoisotopic (exact) mass is 235 g/mol. The van der Waals surface area contributed by atoms with Gasteiger partial charge in [-0.25, -0.2) is 9.97 Å². The quantitative estimate of drug-likeness (QED) is 0.805. The molecule has 1 aromatic rings. The first kappa shape index (κ1) is 12.1. The summed E-state index contributed by atoms with van der Waals surface area (Å²) >= 11 is 0. The van der Waals surface area contributed by atoms with Crippen LogP contribution in [-0.2, 0) is 0 Å². The van der Waals surface area contributed by atoms with Gasteiger partial charge in [0.05, 0.1) is 0 Å². The van der Waals surface area contributed by atoms with Crippen molar-refractivity contribution >= 4 is 11.6 Å². The molecule has 2 N–H and O–H groups in total. The third kappa shape index (κ3) is 3.56. The van der Waals surface area contributed by atoms with Crippen LogP contribution in [0.5, 0.6) is 0 Å². The first-order chi connectivity index (χ1) is 8.28. The molecule has 1 unspecified atom stereocenters. The van der Waals surface area contributed by atoms with Crippen LogP contribution >= 0.6 is 0 Å². The van der Waals surface area contributed by atoms with Crippen molar-refractivity contribution in [3.05, 3.63) is 12.4 Å². The Balaban J connectivity index is 1.83. The normalized spacial score (nSPS) is 20.5. The summed E-state index contributed by atoms with van der Waals surface area (Å²) in [7, 11) is 2.17. The highest BCUT2D eigenvalue weighted by molar-refractivity contribution is 5.46. The lowest BCUT2D eigenvalue weighted by molar-refractivity contribution is 0.399. The lowest BCUT2D eigenvalue weighted by Gasteiger charge is -2.12. The molecule has 0 radical (unpaired) electrons. The van der Waals surface area contributed by atoms with Crippen LogP contribution in [0.25, 0.3) is 0 Å². The predicted octanol–water partition coefficient (Wildman–Crippen LogP) is 1.27. The number of likely N-dealkylation sites (tertiary alicyclic amines) is 1. The smallest absolute Gasteiger partial charge is 0.131 e. The van der Waals surface area contributed by atoms with E-state index < -0.39 is 0 Å². The summed E-state index contributed by atoms with van der Waals surface area (Å²) in [5, 5.41) is 6.57. The number of hydrogen-bond donors (Lipinski definition) is 2. The van der Waals surface area contributed by atoms with Crippen LogP contribution in [-0.4, -0.2) is 48.1 Å². The van der Waals surface area contributed by atoms with Crippen LogP contribution in [0.4, 0.5) is 11.6 Å². The topological polar surface area (TPSA) is 53.1 Å². The van der Waals surface area contributed by atoms with Crippen molar-refractivity contribution in [1.29, 1.82) is 0 Å². The maximum atomic E-state index is 4.23. The highest BCUT2D eigenvalue weighted by Gasteiger charge is 2.18. The average molecular weight is 235 g/mol. The Labute approximate surface area is 103 Å². The third-order valence-electron chi connectivity index (χ3n) is 3.09. The lowest BCUT2D eigenvalue weighted by Crippen LogP contribution is -2.19. The molecular weight excluding hydrogens is 214 g/mol. The molecule has 94 valence electrons. The highest BCUT2D eigenvalue weighted by atomic mass is 15.1. The second-order valence-electron chi connectivity index (χ2n) is 4.62. The van der Waals surface area contributed by atoms with Gasteiger partial charge < -0.3 is 15.5 Å². The van der Waals surface area contributed by atoms with Crippen LogP contribution in [0.2, 0.25) is 0 Å². The van der Waals surface area contributed by atoms with E-state index in [9.17, 15) is 0 Å². The molecule has 0 bridgehead atoms. The van der Waals surface area contributed by atoms with E-state index in [1.165, 1.54) is 19.5 Å². The average Bonchev–Trinajstić information content (AvgIpc) is 2.74. The van der Waals surface area contributed by atoms with Gasteiger partial charge in [-0.05, 0) is 32.9 Å². The number of rotatable bonds is 5. The molecule has 0 spiro atoms. The third-order valence-corrected chi connectivity index (χ3v) is 3.09. The van der Waals surface area contributed by atoms with E-state index in [2.05, 4.69) is 39.5 Å². The summed E-state index contributed by atoms with van der Waals surface area (Å²) in [6.07, 6.45) is 2.87. The zero-order valence-corrected chi connectivity index (χ0v) is 10.6. The minimum absolute atomic E-state index is 0.734. The van der Waals surface area contributed by atoms with E-state index in [0.717, 1.165) is 30.6 Å². The zero-order valence-electron chi connectivity index (χ0n) is 10.6. The standard InChI is InChI=1S/C12H21N5/c1-3-13-11-6-12(16-9-15-11)14-7-10-4-5-17(2)8-10/h6,9-10H,3-5,7-8H2,1-2H3,(H2,13,14,15,16). The number of hydrogen-bond acceptors (Lipinski definition) is 5. The molecule has 1 aliphatic rings. The van der Waals surface area contributed by atoms with Gasteiger partial charge in [0.2, 0.25) is 0 Å². The Bertz CT molecular complexity index is 355. The summed E-state index contributed by atoms with van der Waals surface area (Å²) in [6.45, 7) is 6.32. The Hall–Kier alpha value is -1.36. The summed E-state index contributed by atoms with van der Waals surface area (Å²) in [4.78, 5) is 10.7. The molecule has 2 heterocycles. The van der Waals surface area contributed by atoms with Gasteiger partial charge in [0, 0.05) is 25.7 Å². The number of nitrogens with one attached hydrogen (secondary N) is 2. The molecule has 1 aliphatic heterocycles. The molecule has 1 aromatic heterocycles. The fourth-order valence-corrected chi connectivity index (χ4v) is 2.17. The first-order valence-electron chi connectivity index (χ1n) is 6.26. The Morgan fingerprint density at radius 3 is 2.76 bits per heavy atom. The molecule has 0 saturated carbocycles. The van der Waals surface area contributed by atoms with Crippen molar-refractivity contribution in [2.75, 3.05) is 43.9 Å². The van der Waals surface area contributed by atoms with Crippen LogP contribution < -0.4 is 10.6 Å². The Morgan fingerprint density at radius 2 is 2.12 bits per heavy atom. The van der Waals surface area contributed by atoms with Crippen LogP contribution in [0.1, 0.15) is 13.3 Å². The predicted molar refractivity (Wildman–Crippen MR) is 70.3 cm³/mol. The van der Waals surface area contributed by atoms with Gasteiger partial charge in [0.15, 0.2) is 0 Å². The molecule has 1 atom stereocenters. The molecule has 1 saturated heterocycles. The molecule has 0 aromatic carbocycles. The van der Waals surface area contributed by atoms with Crippen LogP contribution in [0, 0.1) is 5.92 Å². The van der Waals surface area contributed by atoms with E-state index in [-0.39, 0.29) is 0 Å². The van der Waals surface area contributed by atoms with Gasteiger partial charge in [-0.15, -0.1) is 0 Å². The first-order valence-corrected chi connectivity index (χ1v) is 6.26. The van der Waals surface area contributed by atoms with Crippen LogP contribution in [0.15, 0.2) is 12.4 Å². The lowest BCUT2D eigenvalue weighted by atomic mass is 10.1. The second kappa shape index (κ2) is 5.82. The zero-order chi connectivity index (χ0) is 12.1. The number of anilines is 2. The van der Waals surface area contributed by atoms with Crippen molar-refractivity contribution in [1.82, 2.24) is 14.9 Å². The largest absolute Gasteiger partial charge is 0.370 e. The summed E-state index contributed by atoms with van der Waals surface area (Å²) in [6, 6.07) is 1.96. The minimum Gasteiger partial charge on any atom is -0.370 e. The van der Waals surface area contributed by atoms with Crippen molar-refractivity contribution in [2.45, 2.75) is 13.3 Å². The van der Waals surface area contributed by atoms with Gasteiger partial charge in [0.1, 0.15) is 18.0 Å². The van der Waals surface area contributed by atoms with Crippen molar-refractivity contribution in [2.24, 2.45) is 5.92 Å². The summed E-state index contributed by atoms with van der Waals surface area (Å²) in [5.41, 5.74) is 0. The van der Waals surface area contributed by atoms with E-state index in [1.807, 2.05) is 6.07 Å². The Kier molecular flexibility index (Phi) is 4.14. The van der Waals surface area contributed by atoms with Crippen molar-refractivity contribution in [3.63, 3.8) is 0 Å². The van der Waals surface area contributed by atoms with E-state index in [1.54, 1.807) is 6.33 Å². The van der Waals surface area contributed by atoms with Crippen LogP contribution in [0.3, 0.4) is 0 Å². The summed E-state index contributed by atoms with van der Waals surface area (Å²) < 4.78 is 0. The maximum Gasteiger partial charge on any atom is 0.131 e. The van der Waals surface area contributed by atoms with Gasteiger partial charge in [-0.2, -0.15) is 0 Å². The van der Waals surface area contributed by atoms with E-state index in [4.69, 9.17) is 0 Å². The molecule has 5 nitrogen and oxygen atoms in total. The number of aromatic nitrogens is 2. The van der Waals surface area contributed by atoms with Gasteiger partial charge in [-0.3, -0.25) is 0 Å². The van der Waals surface area contributed by atoms with Crippen molar-refractivity contribution < 1.29 is 0 Å². The fourth-order valence-electron chi connectivity index (χ4n) is 2.17. The van der Waals surface area contributed by atoms with E-state index >= 15 is 0 Å².